The fourth-order valence-electron chi connectivity index (χ4n) is 3.46. The molecule has 0 saturated carbocycles. The van der Waals surface area contributed by atoms with E-state index in [4.69, 9.17) is 0 Å². The number of sulfonamides is 1. The van der Waals surface area contributed by atoms with Gasteiger partial charge in [0.2, 0.25) is 10.0 Å². The molecule has 0 saturated heterocycles. The third-order valence-electron chi connectivity index (χ3n) is 5.44. The van der Waals surface area contributed by atoms with Gasteiger partial charge in [-0.15, -0.1) is 0 Å². The number of benzene rings is 3. The first-order valence-corrected chi connectivity index (χ1v) is 11.4. The summed E-state index contributed by atoms with van der Waals surface area (Å²) in [7, 11) is -4.04. The van der Waals surface area contributed by atoms with Crippen molar-refractivity contribution in [3.05, 3.63) is 88.5 Å². The Morgan fingerprint density at radius 2 is 1.64 bits per heavy atom. The van der Waals surface area contributed by atoms with Crippen molar-refractivity contribution < 1.29 is 26.4 Å². The standard InChI is InChI=1S/C23H20F3N3O3S/c1-13-3-9-18(11-14(13)2)27-22(30)16-6-4-15(5-7-16)21-28-19-12-17(23(24,25)26)8-10-20(19)33(31,32)29-21/h3-12,21,28-29H,1-2H3,(H,27,30)/t21-/m0/s1. The van der Waals surface area contributed by atoms with Crippen molar-refractivity contribution in [2.45, 2.75) is 31.1 Å². The zero-order valence-electron chi connectivity index (χ0n) is 17.6. The molecule has 1 atom stereocenters. The normalized spacial score (nSPS) is 17.1. The number of rotatable bonds is 3. The first-order valence-electron chi connectivity index (χ1n) is 9.93. The molecular weight excluding hydrogens is 455 g/mol. The van der Waals surface area contributed by atoms with Crippen LogP contribution in [0.1, 0.15) is 38.8 Å². The molecule has 0 aromatic heterocycles. The fraction of sp³-hybridized carbons (Fsp3) is 0.174. The first kappa shape index (κ1) is 22.8. The van der Waals surface area contributed by atoms with Gasteiger partial charge < -0.3 is 10.6 Å². The Hall–Kier alpha value is -3.37. The topological polar surface area (TPSA) is 87.3 Å². The van der Waals surface area contributed by atoms with Crippen LogP contribution in [-0.2, 0) is 16.2 Å². The van der Waals surface area contributed by atoms with Gasteiger partial charge in [-0.25, -0.2) is 8.42 Å². The van der Waals surface area contributed by atoms with Gasteiger partial charge in [-0.1, -0.05) is 18.2 Å². The number of halogens is 3. The number of hydrogen-bond acceptors (Lipinski definition) is 4. The second kappa shape index (κ2) is 8.20. The second-order valence-corrected chi connectivity index (χ2v) is 9.46. The summed E-state index contributed by atoms with van der Waals surface area (Å²) in [6.45, 7) is 3.91. The average Bonchev–Trinajstić information content (AvgIpc) is 2.75. The van der Waals surface area contributed by atoms with E-state index in [1.165, 1.54) is 24.3 Å². The van der Waals surface area contributed by atoms with Crippen LogP contribution in [0.2, 0.25) is 0 Å². The van der Waals surface area contributed by atoms with Crippen molar-refractivity contribution in [3.8, 4) is 0 Å². The maximum absolute atomic E-state index is 13.1. The molecule has 1 heterocycles. The lowest BCUT2D eigenvalue weighted by atomic mass is 10.1. The highest BCUT2D eigenvalue weighted by molar-refractivity contribution is 7.89. The van der Waals surface area contributed by atoms with Crippen molar-refractivity contribution >= 4 is 27.3 Å². The van der Waals surface area contributed by atoms with Crippen LogP contribution >= 0.6 is 0 Å². The van der Waals surface area contributed by atoms with E-state index in [0.717, 1.165) is 29.3 Å². The number of nitrogens with one attached hydrogen (secondary N) is 3. The van der Waals surface area contributed by atoms with Crippen LogP contribution in [0, 0.1) is 13.8 Å². The van der Waals surface area contributed by atoms with E-state index in [9.17, 15) is 26.4 Å². The number of carbonyl (C=O) groups excluding carboxylic acids is 1. The number of aryl methyl sites for hydroxylation is 2. The molecule has 10 heteroatoms. The van der Waals surface area contributed by atoms with Crippen molar-refractivity contribution in [2.24, 2.45) is 0 Å². The summed E-state index contributed by atoms with van der Waals surface area (Å²) >= 11 is 0. The average molecular weight is 475 g/mol. The Bertz CT molecular complexity index is 1340. The molecule has 3 aromatic rings. The van der Waals surface area contributed by atoms with Crippen LogP contribution in [-0.4, -0.2) is 14.3 Å². The molecule has 0 unspecified atom stereocenters. The molecule has 1 amide bonds. The molecular formula is C23H20F3N3O3S. The molecule has 4 rings (SSSR count). The molecule has 0 spiro atoms. The molecule has 1 aliphatic rings. The van der Waals surface area contributed by atoms with Crippen LogP contribution in [0.5, 0.6) is 0 Å². The predicted molar refractivity (Wildman–Crippen MR) is 118 cm³/mol. The number of fused-ring (bicyclic) bond motifs is 1. The van der Waals surface area contributed by atoms with Crippen LogP contribution in [0.25, 0.3) is 0 Å². The quantitative estimate of drug-likeness (QED) is 0.499. The second-order valence-electron chi connectivity index (χ2n) is 7.78. The predicted octanol–water partition coefficient (Wildman–Crippen LogP) is 4.98. The molecule has 3 aromatic carbocycles. The van der Waals surface area contributed by atoms with Gasteiger partial charge in [0.25, 0.3) is 5.91 Å². The van der Waals surface area contributed by atoms with E-state index in [2.05, 4.69) is 15.4 Å². The van der Waals surface area contributed by atoms with Gasteiger partial charge in [0.1, 0.15) is 11.1 Å². The number of carbonyl (C=O) groups is 1. The van der Waals surface area contributed by atoms with Crippen molar-refractivity contribution in [1.29, 1.82) is 0 Å². The number of anilines is 2. The molecule has 0 radical (unpaired) electrons. The van der Waals surface area contributed by atoms with Crippen molar-refractivity contribution in [1.82, 2.24) is 4.72 Å². The minimum Gasteiger partial charge on any atom is -0.364 e. The van der Waals surface area contributed by atoms with Crippen molar-refractivity contribution in [3.63, 3.8) is 0 Å². The van der Waals surface area contributed by atoms with Gasteiger partial charge in [0, 0.05) is 11.3 Å². The Labute approximate surface area is 188 Å². The summed E-state index contributed by atoms with van der Waals surface area (Å²) in [5.74, 6) is -0.345. The van der Waals surface area contributed by atoms with E-state index in [-0.39, 0.29) is 16.5 Å². The lowest BCUT2D eigenvalue weighted by molar-refractivity contribution is -0.137. The van der Waals surface area contributed by atoms with Crippen molar-refractivity contribution in [2.75, 3.05) is 10.6 Å². The minimum atomic E-state index is -4.61. The Morgan fingerprint density at radius 1 is 0.939 bits per heavy atom. The molecule has 6 nitrogen and oxygen atoms in total. The SMILES string of the molecule is Cc1ccc(NC(=O)c2ccc([C@H]3Nc4cc(C(F)(F)F)ccc4S(=O)(=O)N3)cc2)cc1C. The highest BCUT2D eigenvalue weighted by atomic mass is 32.2. The molecule has 33 heavy (non-hydrogen) atoms. The molecule has 0 aliphatic carbocycles. The molecule has 3 N–H and O–H groups in total. The number of alkyl halides is 3. The first-order chi connectivity index (χ1) is 15.4. The summed E-state index contributed by atoms with van der Waals surface area (Å²) < 4.78 is 66.7. The van der Waals surface area contributed by atoms with E-state index >= 15 is 0 Å². The Kier molecular flexibility index (Phi) is 5.67. The Balaban J connectivity index is 1.55. The van der Waals surface area contributed by atoms with Crippen LogP contribution in [0.4, 0.5) is 24.5 Å². The van der Waals surface area contributed by atoms with Gasteiger partial charge in [-0.2, -0.15) is 17.9 Å². The smallest absolute Gasteiger partial charge is 0.364 e. The summed E-state index contributed by atoms with van der Waals surface area (Å²) in [5.41, 5.74) is 2.45. The third kappa shape index (κ3) is 4.71. The highest BCUT2D eigenvalue weighted by Crippen LogP contribution is 2.37. The maximum Gasteiger partial charge on any atom is 0.416 e. The Morgan fingerprint density at radius 3 is 2.27 bits per heavy atom. The highest BCUT2D eigenvalue weighted by Gasteiger charge is 2.35. The summed E-state index contributed by atoms with van der Waals surface area (Å²) in [5, 5.41) is 5.59. The molecule has 172 valence electrons. The van der Waals surface area contributed by atoms with E-state index < -0.39 is 27.9 Å². The largest absolute Gasteiger partial charge is 0.416 e. The summed E-state index contributed by atoms with van der Waals surface area (Å²) in [6, 6.07) is 14.1. The third-order valence-corrected chi connectivity index (χ3v) is 6.92. The monoisotopic (exact) mass is 475 g/mol. The van der Waals surface area contributed by atoms with Gasteiger partial charge >= 0.3 is 6.18 Å². The van der Waals surface area contributed by atoms with Crippen LogP contribution < -0.4 is 15.4 Å². The van der Waals surface area contributed by atoms with Crippen LogP contribution in [0.3, 0.4) is 0 Å². The molecule has 1 aliphatic heterocycles. The molecule has 0 bridgehead atoms. The number of hydrogen-bond donors (Lipinski definition) is 3. The van der Waals surface area contributed by atoms with Gasteiger partial charge in [0.15, 0.2) is 0 Å². The molecule has 0 fully saturated rings. The zero-order chi connectivity index (χ0) is 24.0. The van der Waals surface area contributed by atoms with Gasteiger partial charge in [-0.3, -0.25) is 4.79 Å². The lowest BCUT2D eigenvalue weighted by Crippen LogP contribution is -2.38. The van der Waals surface area contributed by atoms with E-state index in [1.54, 1.807) is 6.07 Å². The zero-order valence-corrected chi connectivity index (χ0v) is 18.4. The van der Waals surface area contributed by atoms with Gasteiger partial charge in [-0.05, 0) is 73.0 Å². The summed E-state index contributed by atoms with van der Waals surface area (Å²) in [6.07, 6.45) is -5.60. The summed E-state index contributed by atoms with van der Waals surface area (Å²) in [4.78, 5) is 12.3. The van der Waals surface area contributed by atoms with E-state index in [1.807, 2.05) is 26.0 Å². The van der Waals surface area contributed by atoms with Crippen LogP contribution in [0.15, 0.2) is 65.6 Å². The van der Waals surface area contributed by atoms with Gasteiger partial charge in [0.05, 0.1) is 11.3 Å². The lowest BCUT2D eigenvalue weighted by Gasteiger charge is -2.29. The fourth-order valence-corrected chi connectivity index (χ4v) is 4.74. The minimum absolute atomic E-state index is 0.148. The van der Waals surface area contributed by atoms with E-state index in [0.29, 0.717) is 16.8 Å². The maximum atomic E-state index is 13.1. The number of amides is 1.